The van der Waals surface area contributed by atoms with Crippen molar-refractivity contribution in [3.05, 3.63) is 35.0 Å². The second-order valence-corrected chi connectivity index (χ2v) is 4.67. The molecule has 0 aliphatic carbocycles. The zero-order valence-electron chi connectivity index (χ0n) is 9.83. The summed E-state index contributed by atoms with van der Waals surface area (Å²) in [5.74, 6) is 0. The lowest BCUT2D eigenvalue weighted by molar-refractivity contribution is 0.177. The molecule has 1 aromatic heterocycles. The summed E-state index contributed by atoms with van der Waals surface area (Å²) in [5.41, 5.74) is 2.40. The minimum atomic E-state index is 0.420. The fourth-order valence-electron chi connectivity index (χ4n) is 2.13. The zero-order valence-corrected chi connectivity index (χ0v) is 10.6. The monoisotopic (exact) mass is 237 g/mol. The van der Waals surface area contributed by atoms with Crippen LogP contribution in [0.2, 0.25) is 5.02 Å². The molecule has 0 saturated heterocycles. The van der Waals surface area contributed by atoms with Gasteiger partial charge in [-0.25, -0.2) is 0 Å². The van der Waals surface area contributed by atoms with E-state index in [4.69, 9.17) is 16.3 Å². The summed E-state index contributed by atoms with van der Waals surface area (Å²) in [6.07, 6.45) is 0. The Bertz CT molecular complexity index is 502. The average molecular weight is 238 g/mol. The highest BCUT2D eigenvalue weighted by molar-refractivity contribution is 6.31. The number of halogens is 1. The number of nitrogens with zero attached hydrogens (tertiary/aromatic N) is 1. The Kier molecular flexibility index (Phi) is 3.22. The lowest BCUT2D eigenvalue weighted by Crippen LogP contribution is -2.05. The third kappa shape index (κ3) is 1.95. The predicted molar refractivity (Wildman–Crippen MR) is 68.0 cm³/mol. The second-order valence-electron chi connectivity index (χ2n) is 4.24. The molecule has 2 aromatic rings. The molecule has 0 fully saturated rings. The van der Waals surface area contributed by atoms with Crippen LogP contribution in [0.1, 0.15) is 25.6 Å². The second kappa shape index (κ2) is 4.48. The van der Waals surface area contributed by atoms with Gasteiger partial charge in [-0.15, -0.1) is 0 Å². The quantitative estimate of drug-likeness (QED) is 0.787. The van der Waals surface area contributed by atoms with Crippen LogP contribution in [0, 0.1) is 0 Å². The Labute approximate surface area is 101 Å². The van der Waals surface area contributed by atoms with Crippen molar-refractivity contribution in [2.75, 3.05) is 7.11 Å². The van der Waals surface area contributed by atoms with Gasteiger partial charge in [0.2, 0.25) is 0 Å². The van der Waals surface area contributed by atoms with Crippen LogP contribution >= 0.6 is 11.6 Å². The van der Waals surface area contributed by atoms with Gasteiger partial charge in [-0.2, -0.15) is 0 Å². The summed E-state index contributed by atoms with van der Waals surface area (Å²) in [6.45, 7) is 4.98. The van der Waals surface area contributed by atoms with Crippen molar-refractivity contribution in [1.29, 1.82) is 0 Å². The van der Waals surface area contributed by atoms with Gasteiger partial charge in [-0.1, -0.05) is 11.6 Å². The number of ether oxygens (including phenoxy) is 1. The number of aromatic nitrogens is 1. The molecule has 0 radical (unpaired) electrons. The Morgan fingerprint density at radius 3 is 2.69 bits per heavy atom. The van der Waals surface area contributed by atoms with Crippen LogP contribution in [0.4, 0.5) is 0 Å². The Morgan fingerprint density at radius 2 is 2.06 bits per heavy atom. The third-order valence-corrected chi connectivity index (χ3v) is 2.92. The topological polar surface area (TPSA) is 14.2 Å². The van der Waals surface area contributed by atoms with Gasteiger partial charge in [-0.05, 0) is 38.1 Å². The molecule has 0 amide bonds. The molecule has 86 valence electrons. The van der Waals surface area contributed by atoms with Crippen LogP contribution in [-0.2, 0) is 11.3 Å². The Morgan fingerprint density at radius 1 is 1.31 bits per heavy atom. The fraction of sp³-hybridized carbons (Fsp3) is 0.385. The normalized spacial score (nSPS) is 11.6. The number of hydrogen-bond acceptors (Lipinski definition) is 1. The van der Waals surface area contributed by atoms with Crippen molar-refractivity contribution in [1.82, 2.24) is 4.57 Å². The maximum Gasteiger partial charge on any atom is 0.0864 e. The predicted octanol–water partition coefficient (Wildman–Crippen LogP) is 4.02. The van der Waals surface area contributed by atoms with Gasteiger partial charge in [0.05, 0.1) is 6.61 Å². The van der Waals surface area contributed by atoms with Crippen LogP contribution in [0.3, 0.4) is 0 Å². The highest BCUT2D eigenvalue weighted by atomic mass is 35.5. The van der Waals surface area contributed by atoms with E-state index in [0.29, 0.717) is 12.6 Å². The van der Waals surface area contributed by atoms with Crippen LogP contribution in [0.15, 0.2) is 24.3 Å². The molecule has 2 nitrogen and oxygen atoms in total. The van der Waals surface area contributed by atoms with E-state index >= 15 is 0 Å². The Balaban J connectivity index is 2.65. The molecule has 2 rings (SSSR count). The van der Waals surface area contributed by atoms with Crippen molar-refractivity contribution < 1.29 is 4.74 Å². The molecular weight excluding hydrogens is 222 g/mol. The molecule has 1 aromatic carbocycles. The highest BCUT2D eigenvalue weighted by Crippen LogP contribution is 2.27. The van der Waals surface area contributed by atoms with E-state index in [1.54, 1.807) is 7.11 Å². The van der Waals surface area contributed by atoms with Gasteiger partial charge in [0.25, 0.3) is 0 Å². The lowest BCUT2D eigenvalue weighted by atomic mass is 10.2. The molecule has 0 N–H and O–H groups in total. The first-order chi connectivity index (χ1) is 7.63. The number of methoxy groups -OCH3 is 1. The molecule has 1 heterocycles. The molecule has 0 aliphatic rings. The van der Waals surface area contributed by atoms with E-state index in [-0.39, 0.29) is 0 Å². The van der Waals surface area contributed by atoms with Gasteiger partial charge in [0.1, 0.15) is 0 Å². The lowest BCUT2D eigenvalue weighted by Gasteiger charge is -2.14. The molecule has 0 unspecified atom stereocenters. The molecule has 0 atom stereocenters. The van der Waals surface area contributed by atoms with E-state index < -0.39 is 0 Å². The maximum atomic E-state index is 6.00. The van der Waals surface area contributed by atoms with E-state index in [9.17, 15) is 0 Å². The van der Waals surface area contributed by atoms with Crippen molar-refractivity contribution in [3.63, 3.8) is 0 Å². The summed E-state index contributed by atoms with van der Waals surface area (Å²) in [5, 5.41) is 1.95. The molecule has 16 heavy (non-hydrogen) atoms. The van der Waals surface area contributed by atoms with Crippen LogP contribution in [0.5, 0.6) is 0 Å². The van der Waals surface area contributed by atoms with Gasteiger partial charge >= 0.3 is 0 Å². The maximum absolute atomic E-state index is 6.00. The van der Waals surface area contributed by atoms with Gasteiger partial charge in [0, 0.05) is 34.8 Å². The smallest absolute Gasteiger partial charge is 0.0864 e. The first kappa shape index (κ1) is 11.5. The van der Waals surface area contributed by atoms with Crippen molar-refractivity contribution in [2.45, 2.75) is 26.5 Å². The number of rotatable bonds is 3. The van der Waals surface area contributed by atoms with E-state index in [1.165, 1.54) is 16.6 Å². The minimum Gasteiger partial charge on any atom is -0.378 e. The van der Waals surface area contributed by atoms with Crippen molar-refractivity contribution >= 4 is 22.5 Å². The molecular formula is C13H16ClNO. The molecule has 0 aliphatic heterocycles. The van der Waals surface area contributed by atoms with Crippen molar-refractivity contribution in [2.24, 2.45) is 0 Å². The van der Waals surface area contributed by atoms with Gasteiger partial charge < -0.3 is 9.30 Å². The van der Waals surface area contributed by atoms with Crippen LogP contribution in [0.25, 0.3) is 10.9 Å². The summed E-state index contributed by atoms with van der Waals surface area (Å²) in [6, 6.07) is 8.55. The summed E-state index contributed by atoms with van der Waals surface area (Å²) in [4.78, 5) is 0. The van der Waals surface area contributed by atoms with Gasteiger partial charge in [0.15, 0.2) is 0 Å². The molecule has 0 spiro atoms. The number of fused-ring (bicyclic) bond motifs is 1. The van der Waals surface area contributed by atoms with E-state index in [2.05, 4.69) is 30.5 Å². The standard InChI is InChI=1S/C13H16ClNO/c1-9(2)15-12(8-16-3)7-10-6-11(14)4-5-13(10)15/h4-7,9H,8H2,1-3H3. The number of benzene rings is 1. The summed E-state index contributed by atoms with van der Waals surface area (Å²) >= 11 is 6.00. The van der Waals surface area contributed by atoms with E-state index in [0.717, 1.165) is 5.02 Å². The fourth-order valence-corrected chi connectivity index (χ4v) is 2.31. The third-order valence-electron chi connectivity index (χ3n) is 2.69. The Hall–Kier alpha value is -0.990. The molecule has 0 bridgehead atoms. The molecule has 0 saturated carbocycles. The minimum absolute atomic E-state index is 0.420. The van der Waals surface area contributed by atoms with Crippen LogP contribution < -0.4 is 0 Å². The zero-order chi connectivity index (χ0) is 11.7. The van der Waals surface area contributed by atoms with Crippen LogP contribution in [-0.4, -0.2) is 11.7 Å². The summed E-state index contributed by atoms with van der Waals surface area (Å²) < 4.78 is 7.51. The van der Waals surface area contributed by atoms with Crippen molar-refractivity contribution in [3.8, 4) is 0 Å². The first-order valence-corrected chi connectivity index (χ1v) is 5.79. The molecule has 3 heteroatoms. The summed E-state index contributed by atoms with van der Waals surface area (Å²) in [7, 11) is 1.72. The highest BCUT2D eigenvalue weighted by Gasteiger charge is 2.11. The largest absolute Gasteiger partial charge is 0.378 e. The number of hydrogen-bond donors (Lipinski definition) is 0. The van der Waals surface area contributed by atoms with Gasteiger partial charge in [-0.3, -0.25) is 0 Å². The van der Waals surface area contributed by atoms with E-state index in [1.807, 2.05) is 12.1 Å². The SMILES string of the molecule is COCc1cc2cc(Cl)ccc2n1C(C)C. The first-order valence-electron chi connectivity index (χ1n) is 5.41. The average Bonchev–Trinajstić information content (AvgIpc) is 2.55.